The number of benzene rings is 1. The first kappa shape index (κ1) is 12.2. The lowest BCUT2D eigenvalue weighted by Gasteiger charge is -2.15. The third-order valence-electron chi connectivity index (χ3n) is 2.04. The number of aliphatic hydroxyl groups is 1. The molecule has 1 aromatic carbocycles. The van der Waals surface area contributed by atoms with E-state index >= 15 is 0 Å². The molecule has 84 valence electrons. The summed E-state index contributed by atoms with van der Waals surface area (Å²) in [5, 5.41) is 12.4. The summed E-state index contributed by atoms with van der Waals surface area (Å²) in [5.41, 5.74) is 0.0827. The zero-order valence-electron chi connectivity index (χ0n) is 8.55. The predicted molar refractivity (Wildman–Crippen MR) is 56.8 cm³/mol. The van der Waals surface area contributed by atoms with Crippen LogP contribution in [0.4, 0.5) is 4.39 Å². The van der Waals surface area contributed by atoms with Crippen LogP contribution < -0.4 is 10.1 Å². The fourth-order valence-corrected chi connectivity index (χ4v) is 1.50. The third-order valence-corrected chi connectivity index (χ3v) is 2.34. The number of aliphatic hydroxyl groups excluding tert-OH is 1. The van der Waals surface area contributed by atoms with Crippen molar-refractivity contribution >= 4 is 11.6 Å². The third kappa shape index (κ3) is 2.59. The molecule has 0 heterocycles. The van der Waals surface area contributed by atoms with Gasteiger partial charge in [0.15, 0.2) is 5.82 Å². The Kier molecular flexibility index (Phi) is 4.32. The van der Waals surface area contributed by atoms with E-state index in [4.69, 9.17) is 16.3 Å². The van der Waals surface area contributed by atoms with Crippen LogP contribution in [0.1, 0.15) is 11.7 Å². The minimum atomic E-state index is -0.983. The molecule has 1 unspecified atom stereocenters. The molecule has 1 atom stereocenters. The van der Waals surface area contributed by atoms with Crippen molar-refractivity contribution in [3.8, 4) is 5.75 Å². The lowest BCUT2D eigenvalue weighted by atomic mass is 10.1. The van der Waals surface area contributed by atoms with E-state index in [0.29, 0.717) is 5.75 Å². The fraction of sp³-hybridized carbons (Fsp3) is 0.400. The Morgan fingerprint density at radius 1 is 1.60 bits per heavy atom. The molecule has 0 amide bonds. The number of halogens is 2. The Morgan fingerprint density at radius 3 is 2.80 bits per heavy atom. The lowest BCUT2D eigenvalue weighted by molar-refractivity contribution is 0.168. The Balaban J connectivity index is 3.17. The summed E-state index contributed by atoms with van der Waals surface area (Å²) >= 11 is 5.62. The molecule has 0 bridgehead atoms. The monoisotopic (exact) mass is 233 g/mol. The zero-order valence-corrected chi connectivity index (χ0v) is 9.31. The van der Waals surface area contributed by atoms with Gasteiger partial charge in [-0.05, 0) is 19.2 Å². The molecule has 0 fully saturated rings. The van der Waals surface area contributed by atoms with Crippen LogP contribution in [0.5, 0.6) is 5.75 Å². The smallest absolute Gasteiger partial charge is 0.151 e. The number of methoxy groups -OCH3 is 1. The van der Waals surface area contributed by atoms with Gasteiger partial charge >= 0.3 is 0 Å². The van der Waals surface area contributed by atoms with E-state index in [1.54, 1.807) is 7.05 Å². The molecule has 5 heteroatoms. The Hall–Kier alpha value is -0.840. The average molecular weight is 234 g/mol. The van der Waals surface area contributed by atoms with Crippen LogP contribution in [0.15, 0.2) is 12.1 Å². The molecule has 1 rings (SSSR count). The van der Waals surface area contributed by atoms with Crippen molar-refractivity contribution in [2.45, 2.75) is 6.10 Å². The van der Waals surface area contributed by atoms with E-state index in [1.807, 2.05) is 0 Å². The van der Waals surface area contributed by atoms with Crippen LogP contribution in [0, 0.1) is 5.82 Å². The van der Waals surface area contributed by atoms with Crippen molar-refractivity contribution in [2.75, 3.05) is 20.7 Å². The van der Waals surface area contributed by atoms with Gasteiger partial charge in [0.2, 0.25) is 0 Å². The molecule has 0 saturated heterocycles. The summed E-state index contributed by atoms with van der Waals surface area (Å²) in [5.74, 6) is -0.349. The van der Waals surface area contributed by atoms with Gasteiger partial charge < -0.3 is 15.2 Å². The molecule has 0 aromatic heterocycles. The molecular weight excluding hydrogens is 221 g/mol. The van der Waals surface area contributed by atoms with Gasteiger partial charge in [0.1, 0.15) is 5.75 Å². The van der Waals surface area contributed by atoms with Crippen molar-refractivity contribution in [3.05, 3.63) is 28.5 Å². The van der Waals surface area contributed by atoms with Crippen LogP contribution >= 0.6 is 11.6 Å². The van der Waals surface area contributed by atoms with E-state index in [2.05, 4.69) is 5.32 Å². The molecule has 0 spiro atoms. The quantitative estimate of drug-likeness (QED) is 0.833. The molecule has 15 heavy (non-hydrogen) atoms. The number of likely N-dealkylation sites (N-methyl/N-ethyl adjacent to an activating group) is 1. The second kappa shape index (κ2) is 5.30. The first-order valence-electron chi connectivity index (χ1n) is 4.46. The van der Waals surface area contributed by atoms with Crippen LogP contribution in [0.2, 0.25) is 5.02 Å². The van der Waals surface area contributed by atoms with Crippen LogP contribution in [-0.4, -0.2) is 25.8 Å². The highest BCUT2D eigenvalue weighted by Gasteiger charge is 2.19. The first-order chi connectivity index (χ1) is 7.11. The minimum absolute atomic E-state index is 0.0269. The van der Waals surface area contributed by atoms with E-state index in [1.165, 1.54) is 19.2 Å². The molecule has 1 aromatic rings. The number of ether oxygens (including phenoxy) is 1. The summed E-state index contributed by atoms with van der Waals surface area (Å²) in [6.45, 7) is 0.230. The Labute approximate surface area is 92.8 Å². The molecular formula is C10H13ClFNO2. The Morgan fingerprint density at radius 2 is 2.27 bits per heavy atom. The predicted octanol–water partition coefficient (Wildman–Crippen LogP) is 1.74. The van der Waals surface area contributed by atoms with Crippen LogP contribution in [-0.2, 0) is 0 Å². The van der Waals surface area contributed by atoms with Crippen LogP contribution in [0.25, 0.3) is 0 Å². The van der Waals surface area contributed by atoms with Gasteiger partial charge in [-0.25, -0.2) is 4.39 Å². The van der Waals surface area contributed by atoms with Crippen LogP contribution in [0.3, 0.4) is 0 Å². The highest BCUT2D eigenvalue weighted by Crippen LogP contribution is 2.31. The standard InChI is InChI=1S/C10H13ClFNO2/c1-13-5-7(14)9-8(15-2)4-3-6(11)10(9)12/h3-4,7,13-14H,5H2,1-2H3. The number of hydrogen-bond donors (Lipinski definition) is 2. The molecule has 0 saturated carbocycles. The largest absolute Gasteiger partial charge is 0.496 e. The van der Waals surface area contributed by atoms with E-state index in [9.17, 15) is 9.50 Å². The highest BCUT2D eigenvalue weighted by molar-refractivity contribution is 6.30. The normalized spacial score (nSPS) is 12.6. The van der Waals surface area contributed by atoms with E-state index in [-0.39, 0.29) is 17.1 Å². The molecule has 0 aliphatic heterocycles. The Bertz CT molecular complexity index is 346. The van der Waals surface area contributed by atoms with Crippen molar-refractivity contribution in [2.24, 2.45) is 0 Å². The van der Waals surface area contributed by atoms with Gasteiger partial charge in [-0.3, -0.25) is 0 Å². The highest BCUT2D eigenvalue weighted by atomic mass is 35.5. The van der Waals surface area contributed by atoms with Crippen molar-refractivity contribution in [1.82, 2.24) is 5.32 Å². The molecule has 0 aliphatic carbocycles. The molecule has 0 aliphatic rings. The second-order valence-corrected chi connectivity index (χ2v) is 3.46. The number of hydrogen-bond acceptors (Lipinski definition) is 3. The van der Waals surface area contributed by atoms with Crippen molar-refractivity contribution in [1.29, 1.82) is 0 Å². The maximum Gasteiger partial charge on any atom is 0.151 e. The lowest BCUT2D eigenvalue weighted by Crippen LogP contribution is -2.18. The topological polar surface area (TPSA) is 41.5 Å². The summed E-state index contributed by atoms with van der Waals surface area (Å²) in [6, 6.07) is 2.92. The second-order valence-electron chi connectivity index (χ2n) is 3.05. The molecule has 2 N–H and O–H groups in total. The fourth-order valence-electron chi connectivity index (χ4n) is 1.33. The average Bonchev–Trinajstić information content (AvgIpc) is 2.22. The summed E-state index contributed by atoms with van der Waals surface area (Å²) in [4.78, 5) is 0. The SMILES string of the molecule is CNCC(O)c1c(OC)ccc(Cl)c1F. The minimum Gasteiger partial charge on any atom is -0.496 e. The van der Waals surface area contributed by atoms with E-state index in [0.717, 1.165) is 0 Å². The van der Waals surface area contributed by atoms with Gasteiger partial charge in [0, 0.05) is 6.54 Å². The first-order valence-corrected chi connectivity index (χ1v) is 4.84. The molecule has 3 nitrogen and oxygen atoms in total. The van der Waals surface area contributed by atoms with Gasteiger partial charge in [-0.2, -0.15) is 0 Å². The summed E-state index contributed by atoms with van der Waals surface area (Å²) in [7, 11) is 3.08. The van der Waals surface area contributed by atoms with Gasteiger partial charge in [0.05, 0.1) is 23.8 Å². The molecule has 0 radical (unpaired) electrons. The number of nitrogens with one attached hydrogen (secondary N) is 1. The zero-order chi connectivity index (χ0) is 11.4. The summed E-state index contributed by atoms with van der Waals surface area (Å²) in [6.07, 6.45) is -0.983. The van der Waals surface area contributed by atoms with Crippen molar-refractivity contribution < 1.29 is 14.2 Å². The van der Waals surface area contributed by atoms with Gasteiger partial charge in [0.25, 0.3) is 0 Å². The number of rotatable bonds is 4. The van der Waals surface area contributed by atoms with Crippen molar-refractivity contribution in [3.63, 3.8) is 0 Å². The maximum atomic E-state index is 13.6. The summed E-state index contributed by atoms with van der Waals surface area (Å²) < 4.78 is 18.6. The van der Waals surface area contributed by atoms with Gasteiger partial charge in [-0.15, -0.1) is 0 Å². The van der Waals surface area contributed by atoms with Gasteiger partial charge in [-0.1, -0.05) is 11.6 Å². The maximum absolute atomic E-state index is 13.6. The van der Waals surface area contributed by atoms with E-state index < -0.39 is 11.9 Å².